The molecule has 0 unspecified atom stereocenters. The molecule has 6 heteroatoms. The Balaban J connectivity index is 2.11. The van der Waals surface area contributed by atoms with Gasteiger partial charge in [-0.25, -0.2) is 18.0 Å². The van der Waals surface area contributed by atoms with Crippen molar-refractivity contribution in [2.45, 2.75) is 19.3 Å². The van der Waals surface area contributed by atoms with Gasteiger partial charge < -0.3 is 10.2 Å². The van der Waals surface area contributed by atoms with E-state index in [0.29, 0.717) is 19.2 Å². The van der Waals surface area contributed by atoms with Gasteiger partial charge in [0.15, 0.2) is 11.6 Å². The summed E-state index contributed by atoms with van der Waals surface area (Å²) in [5.41, 5.74) is -0.469. The van der Waals surface area contributed by atoms with Crippen LogP contribution in [-0.2, 0) is 0 Å². The molecule has 0 saturated carbocycles. The molecule has 0 aliphatic carbocycles. The number of halogens is 3. The summed E-state index contributed by atoms with van der Waals surface area (Å²) in [6.45, 7) is 1.15. The largest absolute Gasteiger partial charge is 0.325 e. The van der Waals surface area contributed by atoms with Crippen LogP contribution < -0.4 is 5.32 Å². The van der Waals surface area contributed by atoms with E-state index in [1.54, 1.807) is 0 Å². The molecule has 1 N–H and O–H groups in total. The second-order valence-electron chi connectivity index (χ2n) is 4.23. The maximum atomic E-state index is 13.3. The molecule has 1 aromatic rings. The zero-order valence-corrected chi connectivity index (χ0v) is 9.68. The van der Waals surface area contributed by atoms with Crippen molar-refractivity contribution in [1.82, 2.24) is 4.90 Å². The number of anilines is 1. The molecule has 1 aliphatic heterocycles. The van der Waals surface area contributed by atoms with Gasteiger partial charge in [0.1, 0.15) is 5.82 Å². The Morgan fingerprint density at radius 3 is 2.44 bits per heavy atom. The van der Waals surface area contributed by atoms with Crippen molar-refractivity contribution in [2.24, 2.45) is 0 Å². The zero-order chi connectivity index (χ0) is 13.1. The molecule has 1 aliphatic rings. The summed E-state index contributed by atoms with van der Waals surface area (Å²) < 4.78 is 39.2. The highest BCUT2D eigenvalue weighted by atomic mass is 19.2. The van der Waals surface area contributed by atoms with Crippen molar-refractivity contribution in [2.75, 3.05) is 18.4 Å². The molecular weight excluding hydrogens is 245 g/mol. The summed E-state index contributed by atoms with van der Waals surface area (Å²) in [7, 11) is 0. The van der Waals surface area contributed by atoms with Crippen molar-refractivity contribution in [3.05, 3.63) is 29.6 Å². The van der Waals surface area contributed by atoms with Crippen LogP contribution in [0.2, 0.25) is 0 Å². The number of nitrogens with one attached hydrogen (secondary N) is 1. The number of hydrogen-bond acceptors (Lipinski definition) is 1. The Morgan fingerprint density at radius 2 is 1.78 bits per heavy atom. The van der Waals surface area contributed by atoms with E-state index in [-0.39, 0.29) is 0 Å². The predicted molar refractivity (Wildman–Crippen MR) is 60.8 cm³/mol. The van der Waals surface area contributed by atoms with Gasteiger partial charge in [-0.3, -0.25) is 0 Å². The molecule has 1 saturated heterocycles. The Labute approximate surface area is 103 Å². The first-order valence-corrected chi connectivity index (χ1v) is 5.78. The second-order valence-corrected chi connectivity index (χ2v) is 4.23. The summed E-state index contributed by atoms with van der Waals surface area (Å²) in [5.74, 6) is -3.49. The van der Waals surface area contributed by atoms with E-state index >= 15 is 0 Å². The van der Waals surface area contributed by atoms with Crippen LogP contribution in [0, 0.1) is 17.5 Å². The molecule has 0 radical (unpaired) electrons. The monoisotopic (exact) mass is 258 g/mol. The Hall–Kier alpha value is -1.72. The molecule has 2 amide bonds. The van der Waals surface area contributed by atoms with E-state index in [1.807, 2.05) is 0 Å². The average Bonchev–Trinajstić information content (AvgIpc) is 2.36. The Morgan fingerprint density at radius 1 is 1.11 bits per heavy atom. The number of nitrogens with zero attached hydrogens (tertiary/aromatic N) is 1. The van der Waals surface area contributed by atoms with Crippen molar-refractivity contribution in [3.8, 4) is 0 Å². The quantitative estimate of drug-likeness (QED) is 0.771. The van der Waals surface area contributed by atoms with Gasteiger partial charge in [-0.1, -0.05) is 0 Å². The van der Waals surface area contributed by atoms with E-state index in [0.717, 1.165) is 25.3 Å². The molecule has 1 heterocycles. The van der Waals surface area contributed by atoms with E-state index in [1.165, 1.54) is 4.90 Å². The fourth-order valence-electron chi connectivity index (χ4n) is 1.94. The van der Waals surface area contributed by atoms with E-state index in [4.69, 9.17) is 0 Å². The summed E-state index contributed by atoms with van der Waals surface area (Å²) in [4.78, 5) is 13.3. The van der Waals surface area contributed by atoms with Gasteiger partial charge >= 0.3 is 6.03 Å². The first-order valence-electron chi connectivity index (χ1n) is 5.78. The number of urea groups is 1. The second kappa shape index (κ2) is 5.29. The summed E-state index contributed by atoms with van der Waals surface area (Å²) >= 11 is 0. The molecule has 0 aromatic heterocycles. The number of carbonyl (C=O) groups excluding carboxylic acids is 1. The summed E-state index contributed by atoms with van der Waals surface area (Å²) in [6.07, 6.45) is 2.81. The number of carbonyl (C=O) groups is 1. The number of benzene rings is 1. The van der Waals surface area contributed by atoms with Crippen molar-refractivity contribution in [1.29, 1.82) is 0 Å². The maximum absolute atomic E-state index is 13.3. The number of rotatable bonds is 1. The van der Waals surface area contributed by atoms with Gasteiger partial charge in [-0.15, -0.1) is 0 Å². The molecule has 1 fully saturated rings. The lowest BCUT2D eigenvalue weighted by Crippen LogP contribution is -2.38. The Kier molecular flexibility index (Phi) is 3.74. The molecule has 3 nitrogen and oxygen atoms in total. The van der Waals surface area contributed by atoms with Crippen LogP contribution in [-0.4, -0.2) is 24.0 Å². The lowest BCUT2D eigenvalue weighted by atomic mass is 10.1. The van der Waals surface area contributed by atoms with Crippen LogP contribution in [0.4, 0.5) is 23.7 Å². The SMILES string of the molecule is O=C(Nc1cc(F)cc(F)c1F)N1CCCCC1. The van der Waals surface area contributed by atoms with Crippen LogP contribution in [0.25, 0.3) is 0 Å². The van der Waals surface area contributed by atoms with E-state index in [2.05, 4.69) is 5.32 Å². The third-order valence-electron chi connectivity index (χ3n) is 2.88. The third kappa shape index (κ3) is 2.75. The first kappa shape index (κ1) is 12.7. The number of piperidine rings is 1. The molecule has 98 valence electrons. The van der Waals surface area contributed by atoms with Gasteiger partial charge in [0.05, 0.1) is 5.69 Å². The normalized spacial score (nSPS) is 15.6. The van der Waals surface area contributed by atoms with Gasteiger partial charge in [0.25, 0.3) is 0 Å². The van der Waals surface area contributed by atoms with E-state index in [9.17, 15) is 18.0 Å². The molecule has 1 aromatic carbocycles. The van der Waals surface area contributed by atoms with Gasteiger partial charge in [-0.05, 0) is 19.3 Å². The van der Waals surface area contributed by atoms with Crippen molar-refractivity contribution in [3.63, 3.8) is 0 Å². The van der Waals surface area contributed by atoms with Crippen LogP contribution in [0.15, 0.2) is 12.1 Å². The zero-order valence-electron chi connectivity index (χ0n) is 9.68. The third-order valence-corrected chi connectivity index (χ3v) is 2.88. The lowest BCUT2D eigenvalue weighted by Gasteiger charge is -2.26. The van der Waals surface area contributed by atoms with Gasteiger partial charge in [0.2, 0.25) is 0 Å². The highest BCUT2D eigenvalue weighted by Crippen LogP contribution is 2.20. The van der Waals surface area contributed by atoms with Crippen molar-refractivity contribution < 1.29 is 18.0 Å². The molecule has 0 atom stereocenters. The molecule has 0 bridgehead atoms. The maximum Gasteiger partial charge on any atom is 0.321 e. The molecular formula is C12H13F3N2O. The molecule has 18 heavy (non-hydrogen) atoms. The topological polar surface area (TPSA) is 32.3 Å². The van der Waals surface area contributed by atoms with Crippen molar-refractivity contribution >= 4 is 11.7 Å². The summed E-state index contributed by atoms with van der Waals surface area (Å²) in [5, 5.41) is 2.19. The Bertz CT molecular complexity index is 459. The minimum atomic E-state index is -1.32. The van der Waals surface area contributed by atoms with Crippen LogP contribution in [0.1, 0.15) is 19.3 Å². The fourth-order valence-corrected chi connectivity index (χ4v) is 1.94. The highest BCUT2D eigenvalue weighted by molar-refractivity contribution is 5.89. The van der Waals surface area contributed by atoms with Gasteiger partial charge in [0, 0.05) is 25.2 Å². The van der Waals surface area contributed by atoms with E-state index < -0.39 is 29.2 Å². The van der Waals surface area contributed by atoms with Crippen LogP contribution >= 0.6 is 0 Å². The lowest BCUT2D eigenvalue weighted by molar-refractivity contribution is 0.200. The number of likely N-dealkylation sites (tertiary alicyclic amines) is 1. The molecule has 2 rings (SSSR count). The summed E-state index contributed by atoms with van der Waals surface area (Å²) in [6, 6.07) is 0.671. The number of hydrogen-bond donors (Lipinski definition) is 1. The van der Waals surface area contributed by atoms with Crippen LogP contribution in [0.3, 0.4) is 0 Å². The minimum Gasteiger partial charge on any atom is -0.325 e. The van der Waals surface area contributed by atoms with Gasteiger partial charge in [-0.2, -0.15) is 0 Å². The molecule has 0 spiro atoms. The highest BCUT2D eigenvalue weighted by Gasteiger charge is 2.19. The standard InChI is InChI=1S/C12H13F3N2O/c13-8-6-9(14)11(15)10(7-8)16-12(18)17-4-2-1-3-5-17/h6-7H,1-5H2,(H,16,18). The predicted octanol–water partition coefficient (Wildman–Crippen LogP) is 3.12. The number of amides is 2. The smallest absolute Gasteiger partial charge is 0.321 e. The average molecular weight is 258 g/mol. The first-order chi connectivity index (χ1) is 8.58. The fraction of sp³-hybridized carbons (Fsp3) is 0.417. The minimum absolute atomic E-state index is 0.436. The van der Waals surface area contributed by atoms with Crippen LogP contribution in [0.5, 0.6) is 0 Å².